The number of amides is 1. The van der Waals surface area contributed by atoms with Crippen LogP contribution in [0, 0.1) is 5.92 Å². The molecule has 1 aromatic heterocycles. The number of alkyl halides is 2. The molecule has 10 heteroatoms. The van der Waals surface area contributed by atoms with Gasteiger partial charge in [0.05, 0.1) is 29.7 Å². The van der Waals surface area contributed by atoms with E-state index in [1.807, 2.05) is 19.1 Å². The van der Waals surface area contributed by atoms with E-state index in [0.717, 1.165) is 59.4 Å². The lowest BCUT2D eigenvalue weighted by atomic mass is 9.85. The van der Waals surface area contributed by atoms with E-state index in [4.69, 9.17) is 9.72 Å². The van der Waals surface area contributed by atoms with Gasteiger partial charge in [0.25, 0.3) is 0 Å². The van der Waals surface area contributed by atoms with E-state index in [0.29, 0.717) is 19.3 Å². The lowest BCUT2D eigenvalue weighted by Gasteiger charge is -2.34. The van der Waals surface area contributed by atoms with E-state index in [1.165, 1.54) is 19.2 Å². The number of aromatic nitrogens is 2. The number of aryl methyl sites for hydroxylation is 1. The number of ether oxygens (including phenoxy) is 2. The van der Waals surface area contributed by atoms with E-state index in [-0.39, 0.29) is 23.8 Å². The molecule has 1 N–H and O–H groups in total. The predicted octanol–water partition coefficient (Wildman–Crippen LogP) is 5.95. The Hall–Kier alpha value is -3.69. The average molecular weight is 528 g/mol. The highest BCUT2D eigenvalue weighted by atomic mass is 19.3. The normalized spacial score (nSPS) is 21.4. The number of carbonyl (C=O) groups excluding carboxylic acids is 1. The Morgan fingerprint density at radius 1 is 1.08 bits per heavy atom. The van der Waals surface area contributed by atoms with Crippen molar-refractivity contribution in [2.24, 2.45) is 5.92 Å². The molecule has 3 aromatic rings. The Morgan fingerprint density at radius 2 is 1.79 bits per heavy atom. The van der Waals surface area contributed by atoms with Crippen LogP contribution < -0.4 is 9.64 Å². The van der Waals surface area contributed by atoms with Crippen LogP contribution in [0.2, 0.25) is 0 Å². The standard InChI is InChI=1S/C28H31F2N3O5/c1-16-3-12-21-22(32(16)28(36)37-2)13-14-23-25(21)31-24(15-17-4-10-20(11-5-17)38-27(29)30)33(23)19-8-6-18(7-9-19)26(34)35/h4-5,10-11,13-14,16,18-19,27H,3,6-9,12,15H2,1-2H3,(H,34,35)/t16-,18-,19-/m0/s1. The van der Waals surface area contributed by atoms with E-state index in [9.17, 15) is 23.5 Å². The third kappa shape index (κ3) is 4.91. The second-order valence-electron chi connectivity index (χ2n) is 10.1. The van der Waals surface area contributed by atoms with Crippen LogP contribution in [0.4, 0.5) is 19.3 Å². The summed E-state index contributed by atoms with van der Waals surface area (Å²) < 4.78 is 36.9. The van der Waals surface area contributed by atoms with Crippen molar-refractivity contribution in [2.45, 2.75) is 70.6 Å². The number of benzene rings is 2. The van der Waals surface area contributed by atoms with Crippen LogP contribution in [-0.4, -0.2) is 46.5 Å². The zero-order chi connectivity index (χ0) is 27.0. The Labute approximate surface area is 219 Å². The molecule has 2 aliphatic rings. The van der Waals surface area contributed by atoms with E-state index in [1.54, 1.807) is 17.0 Å². The number of methoxy groups -OCH3 is 1. The van der Waals surface area contributed by atoms with Crippen molar-refractivity contribution in [3.63, 3.8) is 0 Å². The van der Waals surface area contributed by atoms with E-state index >= 15 is 0 Å². The highest BCUT2D eigenvalue weighted by Crippen LogP contribution is 2.40. The molecule has 5 rings (SSSR count). The van der Waals surface area contributed by atoms with Crippen LogP contribution in [-0.2, 0) is 22.4 Å². The van der Waals surface area contributed by atoms with Gasteiger partial charge in [-0.15, -0.1) is 0 Å². The molecule has 1 aliphatic carbocycles. The fourth-order valence-electron chi connectivity index (χ4n) is 5.91. The highest BCUT2D eigenvalue weighted by Gasteiger charge is 2.33. The first-order valence-corrected chi connectivity index (χ1v) is 12.9. The van der Waals surface area contributed by atoms with E-state index < -0.39 is 18.7 Å². The van der Waals surface area contributed by atoms with Crippen LogP contribution in [0.15, 0.2) is 36.4 Å². The number of anilines is 1. The largest absolute Gasteiger partial charge is 0.481 e. The van der Waals surface area contributed by atoms with Crippen molar-refractivity contribution in [1.82, 2.24) is 9.55 Å². The van der Waals surface area contributed by atoms with Crippen LogP contribution >= 0.6 is 0 Å². The van der Waals surface area contributed by atoms with Crippen molar-refractivity contribution in [2.75, 3.05) is 12.0 Å². The number of hydrogen-bond acceptors (Lipinski definition) is 5. The molecule has 202 valence electrons. The van der Waals surface area contributed by atoms with Gasteiger partial charge in [-0.1, -0.05) is 12.1 Å². The molecule has 1 atom stereocenters. The third-order valence-corrected chi connectivity index (χ3v) is 7.82. The zero-order valence-corrected chi connectivity index (χ0v) is 21.4. The number of carboxylic acids is 1. The summed E-state index contributed by atoms with van der Waals surface area (Å²) in [7, 11) is 1.37. The summed E-state index contributed by atoms with van der Waals surface area (Å²) in [4.78, 5) is 30.9. The zero-order valence-electron chi connectivity index (χ0n) is 21.4. The van der Waals surface area contributed by atoms with Gasteiger partial charge >= 0.3 is 18.7 Å². The molecule has 2 aromatic carbocycles. The van der Waals surface area contributed by atoms with Gasteiger partial charge in [0.2, 0.25) is 0 Å². The van der Waals surface area contributed by atoms with Crippen molar-refractivity contribution in [3.8, 4) is 5.75 Å². The second-order valence-corrected chi connectivity index (χ2v) is 10.1. The molecule has 0 bridgehead atoms. The summed E-state index contributed by atoms with van der Waals surface area (Å²) in [6.07, 6.45) is 4.23. The summed E-state index contributed by atoms with van der Waals surface area (Å²) in [6, 6.07) is 10.6. The van der Waals surface area contributed by atoms with Gasteiger partial charge in [-0.05, 0) is 75.3 Å². The molecule has 1 fully saturated rings. The van der Waals surface area contributed by atoms with Crippen LogP contribution in [0.3, 0.4) is 0 Å². The summed E-state index contributed by atoms with van der Waals surface area (Å²) >= 11 is 0. The minimum absolute atomic E-state index is 0.00535. The van der Waals surface area contributed by atoms with E-state index in [2.05, 4.69) is 9.30 Å². The van der Waals surface area contributed by atoms with Gasteiger partial charge in [0, 0.05) is 24.1 Å². The van der Waals surface area contributed by atoms with Crippen molar-refractivity contribution in [3.05, 3.63) is 53.3 Å². The minimum atomic E-state index is -2.88. The molecule has 8 nitrogen and oxygen atoms in total. The maximum atomic E-state index is 12.6. The molecule has 2 heterocycles. The van der Waals surface area contributed by atoms with Crippen molar-refractivity contribution >= 4 is 28.8 Å². The summed E-state index contributed by atoms with van der Waals surface area (Å²) in [5.41, 5.74) is 4.46. The first kappa shape index (κ1) is 25.9. The molecular weight excluding hydrogens is 496 g/mol. The van der Waals surface area contributed by atoms with Crippen LogP contribution in [0.25, 0.3) is 11.0 Å². The number of carbonyl (C=O) groups is 2. The topological polar surface area (TPSA) is 93.9 Å². The Bertz CT molecular complexity index is 1330. The number of rotatable bonds is 6. The first-order chi connectivity index (χ1) is 18.3. The van der Waals surface area contributed by atoms with Crippen molar-refractivity contribution in [1.29, 1.82) is 0 Å². The lowest BCUT2D eigenvalue weighted by molar-refractivity contribution is -0.143. The molecule has 1 saturated carbocycles. The molecule has 0 unspecified atom stereocenters. The number of hydrogen-bond donors (Lipinski definition) is 1. The Kier molecular flexibility index (Phi) is 7.23. The molecule has 0 radical (unpaired) electrons. The fraction of sp³-hybridized carbons (Fsp3) is 0.464. The van der Waals surface area contributed by atoms with Crippen molar-refractivity contribution < 1.29 is 33.0 Å². The monoisotopic (exact) mass is 527 g/mol. The number of imidazole rings is 1. The van der Waals surface area contributed by atoms with Gasteiger partial charge in [-0.3, -0.25) is 9.69 Å². The quantitative estimate of drug-likeness (QED) is 0.426. The molecule has 0 saturated heterocycles. The Balaban J connectivity index is 1.56. The summed E-state index contributed by atoms with van der Waals surface area (Å²) in [5.74, 6) is -0.181. The van der Waals surface area contributed by atoms with Crippen LogP contribution in [0.1, 0.15) is 62.0 Å². The minimum Gasteiger partial charge on any atom is -0.481 e. The SMILES string of the molecule is COC(=O)N1c2ccc3c(nc(Cc4ccc(OC(F)F)cc4)n3[C@H]3CC[C@H](C(=O)O)CC3)c2CC[C@@H]1C. The maximum absolute atomic E-state index is 12.6. The first-order valence-electron chi connectivity index (χ1n) is 12.9. The number of fused-ring (bicyclic) bond motifs is 3. The summed E-state index contributed by atoms with van der Waals surface area (Å²) in [6.45, 7) is -0.888. The Morgan fingerprint density at radius 3 is 2.42 bits per heavy atom. The van der Waals surface area contributed by atoms with Crippen LogP contribution in [0.5, 0.6) is 5.75 Å². The molecule has 1 aliphatic heterocycles. The average Bonchev–Trinajstić information content (AvgIpc) is 3.27. The molecule has 0 spiro atoms. The number of nitrogens with zero attached hydrogens (tertiary/aromatic N) is 3. The molecular formula is C28H31F2N3O5. The number of aliphatic carboxylic acids is 1. The maximum Gasteiger partial charge on any atom is 0.414 e. The second kappa shape index (κ2) is 10.6. The highest BCUT2D eigenvalue weighted by molar-refractivity contribution is 5.95. The fourth-order valence-corrected chi connectivity index (χ4v) is 5.91. The predicted molar refractivity (Wildman–Crippen MR) is 137 cm³/mol. The van der Waals surface area contributed by atoms with Gasteiger partial charge < -0.3 is 19.1 Å². The third-order valence-electron chi connectivity index (χ3n) is 7.82. The lowest BCUT2D eigenvalue weighted by Crippen LogP contribution is -2.42. The molecule has 38 heavy (non-hydrogen) atoms. The van der Waals surface area contributed by atoms with Gasteiger partial charge in [0.15, 0.2) is 0 Å². The van der Waals surface area contributed by atoms with Gasteiger partial charge in [0.1, 0.15) is 11.6 Å². The number of halogens is 2. The number of carboxylic acid groups (broad SMARTS) is 1. The summed E-state index contributed by atoms with van der Waals surface area (Å²) in [5, 5.41) is 9.48. The smallest absolute Gasteiger partial charge is 0.414 e. The van der Waals surface area contributed by atoms with Gasteiger partial charge in [-0.2, -0.15) is 8.78 Å². The van der Waals surface area contributed by atoms with Gasteiger partial charge in [-0.25, -0.2) is 9.78 Å². The molecule has 1 amide bonds.